The lowest BCUT2D eigenvalue weighted by atomic mass is 10.0. The van der Waals surface area contributed by atoms with Crippen LogP contribution in [0.25, 0.3) is 0 Å². The average molecular weight is 571 g/mol. The molecule has 6 heteroatoms. The molecule has 238 valence electrons. The molecule has 0 saturated carbocycles. The van der Waals surface area contributed by atoms with Crippen LogP contribution in [0, 0.1) is 0 Å². The Morgan fingerprint density at radius 2 is 0.700 bits per heavy atom. The molecule has 0 aromatic carbocycles. The van der Waals surface area contributed by atoms with Crippen LogP contribution in [0.5, 0.6) is 0 Å². The van der Waals surface area contributed by atoms with E-state index in [0.29, 0.717) is 19.3 Å². The fraction of sp³-hybridized carbons (Fsp3) is 0.912. The molecular weight excluding hydrogens is 504 g/mol. The summed E-state index contributed by atoms with van der Waals surface area (Å²) in [5.41, 5.74) is 0. The first kappa shape index (κ1) is 40.5. The van der Waals surface area contributed by atoms with Gasteiger partial charge >= 0.3 is 17.9 Å². The lowest BCUT2D eigenvalue weighted by Crippen LogP contribution is -2.11. The molecule has 1 N–H and O–H groups in total. The Balaban J connectivity index is 0. The number of esters is 2. The van der Waals surface area contributed by atoms with Crippen molar-refractivity contribution in [1.82, 2.24) is 0 Å². The lowest BCUT2D eigenvalue weighted by Gasteiger charge is -2.08. The standard InChI is InChI=1S/C18H36O2.C16H30O4/c1-2-3-4-5-6-7-8-9-10-11-12-13-14-15-16-17-18(19)20;1-13(2)19-15(17)11-9-7-5-6-8-10-12-16(18)20-14(3)4/h2-17H2,1H3,(H,19,20);13-14H,5-12H2,1-4H3. The van der Waals surface area contributed by atoms with Crippen LogP contribution in [-0.2, 0) is 23.9 Å². The molecule has 0 spiro atoms. The molecule has 0 radical (unpaired) electrons. The predicted molar refractivity (Wildman–Crippen MR) is 167 cm³/mol. The highest BCUT2D eigenvalue weighted by molar-refractivity contribution is 5.69. The van der Waals surface area contributed by atoms with E-state index in [9.17, 15) is 14.4 Å². The maximum atomic E-state index is 11.3. The number of carboxylic acid groups (broad SMARTS) is 1. The average Bonchev–Trinajstić information content (AvgIpc) is 2.87. The molecule has 0 rings (SSSR count). The van der Waals surface area contributed by atoms with E-state index in [1.54, 1.807) is 0 Å². The van der Waals surface area contributed by atoms with Gasteiger partial charge in [0, 0.05) is 19.3 Å². The number of carbonyl (C=O) groups excluding carboxylic acids is 2. The number of ether oxygens (including phenoxy) is 2. The van der Waals surface area contributed by atoms with Gasteiger partial charge in [0.15, 0.2) is 0 Å². The SMILES string of the molecule is CC(C)OC(=O)CCCCCCCCC(=O)OC(C)C.CCCCCCCCCCCCCCCCCC(=O)O. The van der Waals surface area contributed by atoms with Crippen LogP contribution < -0.4 is 0 Å². The zero-order valence-corrected chi connectivity index (χ0v) is 27.1. The number of aliphatic carboxylic acids is 1. The molecule has 0 atom stereocenters. The van der Waals surface area contributed by atoms with Crippen molar-refractivity contribution >= 4 is 17.9 Å². The Morgan fingerprint density at radius 3 is 0.950 bits per heavy atom. The summed E-state index contributed by atoms with van der Waals surface area (Å²) >= 11 is 0. The molecule has 0 bridgehead atoms. The minimum Gasteiger partial charge on any atom is -0.481 e. The Bertz CT molecular complexity index is 545. The number of rotatable bonds is 27. The molecule has 0 aromatic rings. The minimum atomic E-state index is -0.653. The minimum absolute atomic E-state index is 0.0203. The second kappa shape index (κ2) is 31.9. The van der Waals surface area contributed by atoms with Gasteiger partial charge in [0.05, 0.1) is 12.2 Å². The van der Waals surface area contributed by atoms with Gasteiger partial charge in [-0.3, -0.25) is 14.4 Å². The number of unbranched alkanes of at least 4 members (excludes halogenated alkanes) is 19. The van der Waals surface area contributed by atoms with Gasteiger partial charge in [-0.1, -0.05) is 122 Å². The third-order valence-electron chi connectivity index (χ3n) is 6.74. The second-order valence-corrected chi connectivity index (χ2v) is 11.8. The highest BCUT2D eigenvalue weighted by atomic mass is 16.5. The number of carbonyl (C=O) groups is 3. The second-order valence-electron chi connectivity index (χ2n) is 11.8. The molecule has 0 aliphatic carbocycles. The maximum Gasteiger partial charge on any atom is 0.306 e. The summed E-state index contributed by atoms with van der Waals surface area (Å²) in [7, 11) is 0. The van der Waals surface area contributed by atoms with E-state index in [4.69, 9.17) is 14.6 Å². The Kier molecular flexibility index (Phi) is 32.4. The highest BCUT2D eigenvalue weighted by Crippen LogP contribution is 2.14. The van der Waals surface area contributed by atoms with Gasteiger partial charge in [-0.05, 0) is 47.0 Å². The molecule has 0 aromatic heterocycles. The van der Waals surface area contributed by atoms with Crippen LogP contribution in [0.1, 0.15) is 189 Å². The van der Waals surface area contributed by atoms with Crippen molar-refractivity contribution in [1.29, 1.82) is 0 Å². The topological polar surface area (TPSA) is 89.9 Å². The summed E-state index contributed by atoms with van der Waals surface area (Å²) in [5, 5.41) is 8.52. The summed E-state index contributed by atoms with van der Waals surface area (Å²) in [6.07, 6.45) is 27.3. The van der Waals surface area contributed by atoms with Gasteiger partial charge in [-0.25, -0.2) is 0 Å². The summed E-state index contributed by atoms with van der Waals surface area (Å²) in [4.78, 5) is 32.9. The molecule has 0 heterocycles. The van der Waals surface area contributed by atoms with Crippen LogP contribution in [0.15, 0.2) is 0 Å². The molecule has 0 fully saturated rings. The van der Waals surface area contributed by atoms with E-state index < -0.39 is 5.97 Å². The maximum absolute atomic E-state index is 11.3. The third-order valence-corrected chi connectivity index (χ3v) is 6.74. The van der Waals surface area contributed by atoms with Crippen molar-refractivity contribution in [3.05, 3.63) is 0 Å². The molecule has 0 aliphatic rings. The van der Waals surface area contributed by atoms with Gasteiger partial charge in [0.25, 0.3) is 0 Å². The lowest BCUT2D eigenvalue weighted by molar-refractivity contribution is -0.148. The fourth-order valence-electron chi connectivity index (χ4n) is 4.54. The van der Waals surface area contributed by atoms with E-state index in [1.807, 2.05) is 27.7 Å². The van der Waals surface area contributed by atoms with Gasteiger partial charge in [-0.15, -0.1) is 0 Å². The van der Waals surface area contributed by atoms with Crippen molar-refractivity contribution < 1.29 is 29.0 Å². The van der Waals surface area contributed by atoms with E-state index in [0.717, 1.165) is 51.4 Å². The van der Waals surface area contributed by atoms with Gasteiger partial charge < -0.3 is 14.6 Å². The molecule has 0 amide bonds. The zero-order chi connectivity index (χ0) is 30.3. The normalized spacial score (nSPS) is 10.9. The van der Waals surface area contributed by atoms with Crippen molar-refractivity contribution in [3.63, 3.8) is 0 Å². The molecule has 0 unspecified atom stereocenters. The summed E-state index contributed by atoms with van der Waals surface area (Å²) in [5.74, 6) is -0.854. The van der Waals surface area contributed by atoms with Crippen LogP contribution in [0.4, 0.5) is 0 Å². The molecule has 6 nitrogen and oxygen atoms in total. The summed E-state index contributed by atoms with van der Waals surface area (Å²) in [6.45, 7) is 9.72. The Labute approximate surface area is 247 Å². The molecule has 40 heavy (non-hydrogen) atoms. The Hall–Kier alpha value is -1.59. The van der Waals surface area contributed by atoms with Crippen molar-refractivity contribution in [3.8, 4) is 0 Å². The van der Waals surface area contributed by atoms with E-state index in [-0.39, 0.29) is 24.1 Å². The number of hydrogen-bond acceptors (Lipinski definition) is 5. The number of hydrogen-bond donors (Lipinski definition) is 1. The van der Waals surface area contributed by atoms with E-state index in [1.165, 1.54) is 83.5 Å². The first-order valence-corrected chi connectivity index (χ1v) is 16.8. The first-order valence-electron chi connectivity index (χ1n) is 16.8. The van der Waals surface area contributed by atoms with Gasteiger partial charge in [0.1, 0.15) is 0 Å². The van der Waals surface area contributed by atoms with Crippen LogP contribution in [0.2, 0.25) is 0 Å². The highest BCUT2D eigenvalue weighted by Gasteiger charge is 2.06. The summed E-state index contributed by atoms with van der Waals surface area (Å²) < 4.78 is 10.1. The fourth-order valence-corrected chi connectivity index (χ4v) is 4.54. The van der Waals surface area contributed by atoms with Crippen molar-refractivity contribution in [2.75, 3.05) is 0 Å². The van der Waals surface area contributed by atoms with Crippen LogP contribution >= 0.6 is 0 Å². The Morgan fingerprint density at radius 1 is 0.450 bits per heavy atom. The van der Waals surface area contributed by atoms with Crippen molar-refractivity contribution in [2.24, 2.45) is 0 Å². The molecule has 0 aliphatic heterocycles. The smallest absolute Gasteiger partial charge is 0.306 e. The van der Waals surface area contributed by atoms with Gasteiger partial charge in [0.2, 0.25) is 0 Å². The van der Waals surface area contributed by atoms with E-state index >= 15 is 0 Å². The number of carboxylic acids is 1. The van der Waals surface area contributed by atoms with Crippen LogP contribution in [-0.4, -0.2) is 35.2 Å². The molecular formula is C34H66O6. The largest absolute Gasteiger partial charge is 0.481 e. The van der Waals surface area contributed by atoms with Crippen molar-refractivity contribution in [2.45, 2.75) is 201 Å². The first-order chi connectivity index (χ1) is 19.2. The molecule has 0 saturated heterocycles. The zero-order valence-electron chi connectivity index (χ0n) is 27.1. The summed E-state index contributed by atoms with van der Waals surface area (Å²) in [6, 6.07) is 0. The van der Waals surface area contributed by atoms with E-state index in [2.05, 4.69) is 6.92 Å². The predicted octanol–water partition coefficient (Wildman–Crippen LogP) is 10.3. The van der Waals surface area contributed by atoms with Gasteiger partial charge in [-0.2, -0.15) is 0 Å². The monoisotopic (exact) mass is 570 g/mol. The third kappa shape index (κ3) is 38.6. The quantitative estimate of drug-likeness (QED) is 0.0780. The van der Waals surface area contributed by atoms with Crippen LogP contribution in [0.3, 0.4) is 0 Å².